The predicted octanol–water partition coefficient (Wildman–Crippen LogP) is 3.16. The van der Waals surface area contributed by atoms with E-state index in [1.807, 2.05) is 0 Å². The molecule has 3 N–H and O–H groups in total. The van der Waals surface area contributed by atoms with Crippen LogP contribution in [0.3, 0.4) is 0 Å². The summed E-state index contributed by atoms with van der Waals surface area (Å²) < 4.78 is 0. The van der Waals surface area contributed by atoms with Gasteiger partial charge < -0.3 is 11.1 Å². The van der Waals surface area contributed by atoms with E-state index in [1.54, 1.807) is 0 Å². The van der Waals surface area contributed by atoms with E-state index < -0.39 is 0 Å². The fourth-order valence-corrected chi connectivity index (χ4v) is 6.78. The summed E-state index contributed by atoms with van der Waals surface area (Å²) in [6, 6.07) is 1.93. The lowest BCUT2D eigenvalue weighted by Crippen LogP contribution is -2.45. The molecule has 0 amide bonds. The molecule has 0 aromatic rings. The van der Waals surface area contributed by atoms with Gasteiger partial charge in [0.15, 0.2) is 0 Å². The van der Waals surface area contributed by atoms with E-state index in [9.17, 15) is 0 Å². The summed E-state index contributed by atoms with van der Waals surface area (Å²) in [6.45, 7) is 4.71. The van der Waals surface area contributed by atoms with Gasteiger partial charge in [-0.1, -0.05) is 0 Å². The molecule has 4 fully saturated rings. The summed E-state index contributed by atoms with van der Waals surface area (Å²) in [6.07, 6.45) is 10.3. The van der Waals surface area contributed by atoms with Gasteiger partial charge in [0.25, 0.3) is 0 Å². The Morgan fingerprint density at radius 1 is 0.900 bits per heavy atom. The maximum Gasteiger partial charge on any atom is 0.0129 e. The first-order valence-corrected chi connectivity index (χ1v) is 9.16. The maximum absolute atomic E-state index is 6.23. The highest BCUT2D eigenvalue weighted by atomic mass is 15.0. The van der Waals surface area contributed by atoms with E-state index in [-0.39, 0.29) is 0 Å². The molecule has 0 aromatic carbocycles. The summed E-state index contributed by atoms with van der Waals surface area (Å²) in [4.78, 5) is 0. The highest BCUT2D eigenvalue weighted by Crippen LogP contribution is 2.53. The lowest BCUT2D eigenvalue weighted by Gasteiger charge is -2.31. The van der Waals surface area contributed by atoms with Crippen LogP contribution in [0, 0.1) is 35.5 Å². The lowest BCUT2D eigenvalue weighted by atomic mass is 9.84. The van der Waals surface area contributed by atoms with Crippen LogP contribution >= 0.6 is 0 Å². The normalized spacial score (nSPS) is 52.6. The Kier molecular flexibility index (Phi) is 3.38. The predicted molar refractivity (Wildman–Crippen MR) is 83.3 cm³/mol. The highest BCUT2D eigenvalue weighted by molar-refractivity contribution is 5.05. The van der Waals surface area contributed by atoms with E-state index in [0.717, 1.165) is 47.6 Å². The standard InChI is InChI=1S/C18H32N2/c1-10(19)16-9-14-7-8-15(16)18(14)20-11(2)17-12-3-4-13(17)6-5-12/h10-18,20H,3-9,19H2,1-2H3/t10-,11-,12?,13?,14?,15?,16?,17?,18?/m0/s1. The first-order chi connectivity index (χ1) is 9.65. The second kappa shape index (κ2) is 4.98. The van der Waals surface area contributed by atoms with Gasteiger partial charge in [-0.2, -0.15) is 0 Å². The van der Waals surface area contributed by atoms with Crippen LogP contribution in [-0.2, 0) is 0 Å². The average Bonchev–Trinajstić information content (AvgIpc) is 3.18. The largest absolute Gasteiger partial charge is 0.328 e. The Morgan fingerprint density at radius 2 is 1.50 bits per heavy atom. The van der Waals surface area contributed by atoms with Gasteiger partial charge in [0, 0.05) is 18.1 Å². The summed E-state index contributed by atoms with van der Waals surface area (Å²) in [5, 5.41) is 4.11. The van der Waals surface area contributed by atoms with Crippen molar-refractivity contribution in [3.63, 3.8) is 0 Å². The zero-order valence-electron chi connectivity index (χ0n) is 13.2. The molecular formula is C18H32N2. The molecule has 6 atom stereocenters. The molecule has 4 saturated carbocycles. The van der Waals surface area contributed by atoms with Gasteiger partial charge >= 0.3 is 0 Å². The van der Waals surface area contributed by atoms with Crippen molar-refractivity contribution in [2.24, 2.45) is 41.2 Å². The van der Waals surface area contributed by atoms with Crippen molar-refractivity contribution >= 4 is 0 Å². The van der Waals surface area contributed by atoms with E-state index in [1.165, 1.54) is 44.9 Å². The SMILES string of the molecule is C[C@H](N)C1CC2CCC1C2N[C@@H](C)C1C2CCC1CC2. The summed E-state index contributed by atoms with van der Waals surface area (Å²) >= 11 is 0. The summed E-state index contributed by atoms with van der Waals surface area (Å²) in [7, 11) is 0. The Balaban J connectivity index is 1.42. The molecular weight excluding hydrogens is 244 g/mol. The number of fused-ring (bicyclic) bond motifs is 4. The average molecular weight is 276 g/mol. The molecule has 2 heteroatoms. The second-order valence-corrected chi connectivity index (χ2v) is 8.49. The van der Waals surface area contributed by atoms with Gasteiger partial charge in [-0.3, -0.25) is 0 Å². The molecule has 20 heavy (non-hydrogen) atoms. The third kappa shape index (κ3) is 1.98. The summed E-state index contributed by atoms with van der Waals surface area (Å²) in [5.41, 5.74) is 6.23. The van der Waals surface area contributed by atoms with Crippen LogP contribution in [0.4, 0.5) is 0 Å². The minimum absolute atomic E-state index is 0.396. The van der Waals surface area contributed by atoms with Crippen LogP contribution in [-0.4, -0.2) is 18.1 Å². The smallest absolute Gasteiger partial charge is 0.0129 e. The van der Waals surface area contributed by atoms with Crippen molar-refractivity contribution in [1.29, 1.82) is 0 Å². The molecule has 4 aliphatic rings. The minimum atomic E-state index is 0.396. The van der Waals surface area contributed by atoms with Crippen molar-refractivity contribution in [1.82, 2.24) is 5.32 Å². The molecule has 2 nitrogen and oxygen atoms in total. The Labute approximate surface area is 124 Å². The molecule has 4 bridgehead atoms. The van der Waals surface area contributed by atoms with Crippen molar-refractivity contribution in [2.45, 2.75) is 76.9 Å². The van der Waals surface area contributed by atoms with E-state index in [4.69, 9.17) is 5.73 Å². The van der Waals surface area contributed by atoms with Crippen LogP contribution in [0.15, 0.2) is 0 Å². The number of nitrogens with two attached hydrogens (primary N) is 1. The molecule has 0 heterocycles. The number of nitrogens with one attached hydrogen (secondary N) is 1. The van der Waals surface area contributed by atoms with Gasteiger partial charge in [0.05, 0.1) is 0 Å². The molecule has 4 aliphatic carbocycles. The Hall–Kier alpha value is -0.0800. The van der Waals surface area contributed by atoms with Crippen LogP contribution < -0.4 is 11.1 Å². The molecule has 4 unspecified atom stereocenters. The first-order valence-electron chi connectivity index (χ1n) is 9.16. The van der Waals surface area contributed by atoms with Crippen LogP contribution in [0.1, 0.15) is 58.8 Å². The minimum Gasteiger partial charge on any atom is -0.328 e. The number of rotatable bonds is 4. The van der Waals surface area contributed by atoms with Crippen molar-refractivity contribution in [3.8, 4) is 0 Å². The van der Waals surface area contributed by atoms with Crippen LogP contribution in [0.5, 0.6) is 0 Å². The zero-order chi connectivity index (χ0) is 13.9. The molecule has 0 spiro atoms. The molecule has 0 saturated heterocycles. The summed E-state index contributed by atoms with van der Waals surface area (Å²) in [5.74, 6) is 5.68. The molecule has 0 aromatic heterocycles. The monoisotopic (exact) mass is 276 g/mol. The van der Waals surface area contributed by atoms with E-state index >= 15 is 0 Å². The third-order valence-corrected chi connectivity index (χ3v) is 7.58. The number of hydrogen-bond acceptors (Lipinski definition) is 2. The molecule has 0 aliphatic heterocycles. The Bertz CT molecular complexity index is 346. The molecule has 114 valence electrons. The maximum atomic E-state index is 6.23. The molecule has 4 rings (SSSR count). The van der Waals surface area contributed by atoms with Crippen molar-refractivity contribution in [3.05, 3.63) is 0 Å². The van der Waals surface area contributed by atoms with E-state index in [2.05, 4.69) is 19.2 Å². The molecule has 0 radical (unpaired) electrons. The van der Waals surface area contributed by atoms with Crippen LogP contribution in [0.2, 0.25) is 0 Å². The second-order valence-electron chi connectivity index (χ2n) is 8.49. The fourth-order valence-electron chi connectivity index (χ4n) is 6.78. The third-order valence-electron chi connectivity index (χ3n) is 7.58. The zero-order valence-corrected chi connectivity index (χ0v) is 13.2. The van der Waals surface area contributed by atoms with Gasteiger partial charge in [0.1, 0.15) is 0 Å². The quantitative estimate of drug-likeness (QED) is 0.828. The topological polar surface area (TPSA) is 38.0 Å². The lowest BCUT2D eigenvalue weighted by molar-refractivity contribution is 0.241. The van der Waals surface area contributed by atoms with Gasteiger partial charge in [-0.25, -0.2) is 0 Å². The fraction of sp³-hybridized carbons (Fsp3) is 1.00. The van der Waals surface area contributed by atoms with Gasteiger partial charge in [-0.15, -0.1) is 0 Å². The number of hydrogen-bond donors (Lipinski definition) is 2. The highest BCUT2D eigenvalue weighted by Gasteiger charge is 2.51. The van der Waals surface area contributed by atoms with E-state index in [0.29, 0.717) is 6.04 Å². The van der Waals surface area contributed by atoms with Gasteiger partial charge in [0.2, 0.25) is 0 Å². The Morgan fingerprint density at radius 3 is 2.05 bits per heavy atom. The van der Waals surface area contributed by atoms with Gasteiger partial charge in [-0.05, 0) is 94.3 Å². The first kappa shape index (κ1) is 13.6. The van der Waals surface area contributed by atoms with Crippen molar-refractivity contribution in [2.75, 3.05) is 0 Å². The van der Waals surface area contributed by atoms with Crippen LogP contribution in [0.25, 0.3) is 0 Å². The van der Waals surface area contributed by atoms with Crippen molar-refractivity contribution < 1.29 is 0 Å².